The largest absolute Gasteiger partial charge is 0.462 e. The van der Waals surface area contributed by atoms with Crippen LogP contribution in [0, 0.1) is 0 Å². The minimum Gasteiger partial charge on any atom is -0.462 e. The van der Waals surface area contributed by atoms with Crippen molar-refractivity contribution in [2.45, 2.75) is 232 Å². The number of esters is 2. The molecule has 0 aliphatic carbocycles. The molecule has 0 heterocycles. The lowest BCUT2D eigenvalue weighted by Crippen LogP contribution is -2.30. The summed E-state index contributed by atoms with van der Waals surface area (Å²) in [5, 5.41) is 0. The Balaban J connectivity index is 4.33. The van der Waals surface area contributed by atoms with Gasteiger partial charge in [0.05, 0.1) is 6.61 Å². The first-order valence-corrected chi connectivity index (χ1v) is 24.5. The van der Waals surface area contributed by atoms with Gasteiger partial charge in [0.15, 0.2) is 6.10 Å². The molecule has 0 amide bonds. The smallest absolute Gasteiger partial charge is 0.306 e. The summed E-state index contributed by atoms with van der Waals surface area (Å²) in [7, 11) is 0. The summed E-state index contributed by atoms with van der Waals surface area (Å²) in [5.41, 5.74) is 0. The van der Waals surface area contributed by atoms with Crippen molar-refractivity contribution in [2.75, 3.05) is 19.8 Å². The maximum Gasteiger partial charge on any atom is 0.306 e. The third-order valence-corrected chi connectivity index (χ3v) is 10.2. The molecule has 0 radical (unpaired) electrons. The van der Waals surface area contributed by atoms with Gasteiger partial charge in [-0.1, -0.05) is 203 Å². The van der Waals surface area contributed by atoms with Gasteiger partial charge in [-0.2, -0.15) is 0 Å². The Bertz CT molecular complexity index is 1050. The van der Waals surface area contributed by atoms with E-state index in [-0.39, 0.29) is 25.2 Å². The monoisotopic (exact) mass is 809 g/mol. The van der Waals surface area contributed by atoms with Crippen molar-refractivity contribution in [3.8, 4) is 0 Å². The van der Waals surface area contributed by atoms with Crippen molar-refractivity contribution in [3.63, 3.8) is 0 Å². The van der Waals surface area contributed by atoms with E-state index in [9.17, 15) is 9.59 Å². The molecule has 0 aromatic carbocycles. The van der Waals surface area contributed by atoms with Crippen molar-refractivity contribution < 1.29 is 23.8 Å². The van der Waals surface area contributed by atoms with Gasteiger partial charge in [-0.05, 0) is 83.5 Å². The molecule has 1 unspecified atom stereocenters. The van der Waals surface area contributed by atoms with Crippen molar-refractivity contribution in [1.29, 1.82) is 0 Å². The lowest BCUT2D eigenvalue weighted by molar-refractivity contribution is -0.163. The zero-order valence-electron chi connectivity index (χ0n) is 38.3. The average molecular weight is 809 g/mol. The number of carbonyl (C=O) groups is 2. The molecule has 0 aromatic heterocycles. The molecular weight excluding hydrogens is 717 g/mol. The Morgan fingerprint density at radius 3 is 1.26 bits per heavy atom. The molecule has 0 aromatic rings. The number of unbranched alkanes of at least 4 members (excludes halogenated alkanes) is 21. The molecule has 0 fully saturated rings. The average Bonchev–Trinajstić information content (AvgIpc) is 3.22. The Kier molecular flexibility index (Phi) is 46.5. The highest BCUT2D eigenvalue weighted by molar-refractivity contribution is 5.70. The van der Waals surface area contributed by atoms with Crippen LogP contribution in [0.1, 0.15) is 226 Å². The van der Waals surface area contributed by atoms with Gasteiger partial charge < -0.3 is 14.2 Å². The Hall–Kier alpha value is -2.66. The molecule has 5 heteroatoms. The minimum absolute atomic E-state index is 0.0639. The Morgan fingerprint density at radius 1 is 0.397 bits per heavy atom. The van der Waals surface area contributed by atoms with Crippen LogP contribution >= 0.6 is 0 Å². The van der Waals surface area contributed by atoms with Crippen LogP contribution in [0.25, 0.3) is 0 Å². The first-order valence-electron chi connectivity index (χ1n) is 24.5. The second-order valence-electron chi connectivity index (χ2n) is 16.0. The Labute approximate surface area is 359 Å². The predicted molar refractivity (Wildman–Crippen MR) is 251 cm³/mol. The van der Waals surface area contributed by atoms with Crippen LogP contribution < -0.4 is 0 Å². The van der Waals surface area contributed by atoms with E-state index in [0.29, 0.717) is 19.4 Å². The fraction of sp³-hybridized carbons (Fsp3) is 0.736. The number of hydrogen-bond donors (Lipinski definition) is 0. The predicted octanol–water partition coefficient (Wildman–Crippen LogP) is 16.3. The molecule has 0 saturated carbocycles. The van der Waals surface area contributed by atoms with Crippen LogP contribution in [-0.4, -0.2) is 37.9 Å². The molecule has 0 spiro atoms. The molecule has 0 bridgehead atoms. The molecule has 0 aliphatic rings. The second kappa shape index (κ2) is 48.7. The number of allylic oxidation sites excluding steroid dienone is 12. The van der Waals surface area contributed by atoms with Crippen LogP contribution in [0.15, 0.2) is 72.9 Å². The van der Waals surface area contributed by atoms with Crippen molar-refractivity contribution in [1.82, 2.24) is 0 Å². The van der Waals surface area contributed by atoms with Gasteiger partial charge in [0.1, 0.15) is 6.61 Å². The van der Waals surface area contributed by atoms with Gasteiger partial charge in [0.25, 0.3) is 0 Å². The molecule has 58 heavy (non-hydrogen) atoms. The third-order valence-electron chi connectivity index (χ3n) is 10.2. The molecule has 0 N–H and O–H groups in total. The van der Waals surface area contributed by atoms with E-state index >= 15 is 0 Å². The third kappa shape index (κ3) is 46.0. The number of carbonyl (C=O) groups excluding carboxylic acids is 2. The lowest BCUT2D eigenvalue weighted by Gasteiger charge is -2.18. The summed E-state index contributed by atoms with van der Waals surface area (Å²) < 4.78 is 17.3. The highest BCUT2D eigenvalue weighted by atomic mass is 16.6. The molecule has 334 valence electrons. The fourth-order valence-corrected chi connectivity index (χ4v) is 6.66. The molecule has 0 saturated heterocycles. The van der Waals surface area contributed by atoms with E-state index in [1.54, 1.807) is 0 Å². The highest BCUT2D eigenvalue weighted by Crippen LogP contribution is 2.15. The van der Waals surface area contributed by atoms with Crippen LogP contribution in [0.2, 0.25) is 0 Å². The topological polar surface area (TPSA) is 61.8 Å². The first-order chi connectivity index (χ1) is 28.6. The zero-order valence-corrected chi connectivity index (χ0v) is 38.3. The maximum absolute atomic E-state index is 12.7. The quantitative estimate of drug-likeness (QED) is 0.0348. The van der Waals surface area contributed by atoms with E-state index in [0.717, 1.165) is 96.3 Å². The van der Waals surface area contributed by atoms with Crippen LogP contribution in [0.5, 0.6) is 0 Å². The number of rotatable bonds is 44. The van der Waals surface area contributed by atoms with E-state index in [4.69, 9.17) is 14.2 Å². The van der Waals surface area contributed by atoms with E-state index in [1.807, 2.05) is 0 Å². The first kappa shape index (κ1) is 55.3. The van der Waals surface area contributed by atoms with Gasteiger partial charge in [0, 0.05) is 19.4 Å². The van der Waals surface area contributed by atoms with Crippen molar-refractivity contribution >= 4 is 11.9 Å². The number of ether oxygens (including phenoxy) is 3. The van der Waals surface area contributed by atoms with E-state index in [1.165, 1.54) is 96.3 Å². The summed E-state index contributed by atoms with van der Waals surface area (Å²) >= 11 is 0. The summed E-state index contributed by atoms with van der Waals surface area (Å²) in [6.45, 7) is 7.53. The van der Waals surface area contributed by atoms with Crippen molar-refractivity contribution in [2.24, 2.45) is 0 Å². The summed E-state index contributed by atoms with van der Waals surface area (Å²) in [5.74, 6) is -0.441. The maximum atomic E-state index is 12.7. The van der Waals surface area contributed by atoms with Gasteiger partial charge in [0.2, 0.25) is 0 Å². The fourth-order valence-electron chi connectivity index (χ4n) is 6.66. The molecule has 0 aliphatic heterocycles. The van der Waals surface area contributed by atoms with Gasteiger partial charge in [-0.15, -0.1) is 0 Å². The minimum atomic E-state index is -0.562. The van der Waals surface area contributed by atoms with Gasteiger partial charge in [-0.25, -0.2) is 0 Å². The van der Waals surface area contributed by atoms with Gasteiger partial charge >= 0.3 is 11.9 Å². The second-order valence-corrected chi connectivity index (χ2v) is 16.0. The molecule has 1 atom stereocenters. The lowest BCUT2D eigenvalue weighted by atomic mass is 10.0. The summed E-state index contributed by atoms with van der Waals surface area (Å²) in [4.78, 5) is 25.3. The highest BCUT2D eigenvalue weighted by Gasteiger charge is 2.17. The standard InChI is InChI=1S/C53H92O5/c1-4-7-10-13-16-19-22-25-27-29-31-34-37-40-43-46-52(54)57-50-51(49-56-48-45-42-39-36-33-30-26-23-20-17-14-11-8-5-2)58-53(55)47-44-41-38-35-32-28-24-21-18-15-12-9-6-3/h8-9,11-12,17-18,20-21,26,28,30,32,51H,4-7,10,13-16,19,22-25,27,29,31,33-50H2,1-3H3/b11-8-,12-9-,20-17-,21-18-,30-26-,32-28-. The summed E-state index contributed by atoms with van der Waals surface area (Å²) in [6, 6.07) is 0. The van der Waals surface area contributed by atoms with E-state index in [2.05, 4.69) is 93.7 Å². The van der Waals surface area contributed by atoms with Crippen LogP contribution in [0.4, 0.5) is 0 Å². The normalized spacial score (nSPS) is 12.8. The van der Waals surface area contributed by atoms with Crippen LogP contribution in [0.3, 0.4) is 0 Å². The van der Waals surface area contributed by atoms with Gasteiger partial charge in [-0.3, -0.25) is 9.59 Å². The zero-order chi connectivity index (χ0) is 42.1. The molecule has 5 nitrogen and oxygen atoms in total. The van der Waals surface area contributed by atoms with E-state index < -0.39 is 6.10 Å². The molecule has 0 rings (SSSR count). The van der Waals surface area contributed by atoms with Crippen molar-refractivity contribution in [3.05, 3.63) is 72.9 Å². The SMILES string of the molecule is CC/C=C\C/C=C\C/C=C\CCCCCCOCC(COC(=O)CCCCCCCCCCCCCCCCC)OC(=O)CCCCC/C=C\C/C=C\C/C=C\CC. The Morgan fingerprint density at radius 2 is 0.776 bits per heavy atom. The molecular formula is C53H92O5. The number of hydrogen-bond acceptors (Lipinski definition) is 5. The summed E-state index contributed by atoms with van der Waals surface area (Å²) in [6.07, 6.45) is 61.9. The van der Waals surface area contributed by atoms with Crippen LogP contribution in [-0.2, 0) is 23.8 Å².